The average Bonchev–Trinajstić information content (AvgIpc) is 2.71. The summed E-state index contributed by atoms with van der Waals surface area (Å²) in [5, 5.41) is 3.54. The van der Waals surface area contributed by atoms with E-state index in [1.807, 2.05) is 12.5 Å². The molecule has 1 N–H and O–H groups in total. The Morgan fingerprint density at radius 1 is 1.39 bits per heavy atom. The van der Waals surface area contributed by atoms with Crippen LogP contribution in [0.2, 0.25) is 0 Å². The molecule has 0 aliphatic heterocycles. The van der Waals surface area contributed by atoms with Crippen LogP contribution in [0.4, 0.5) is 0 Å². The fourth-order valence-corrected chi connectivity index (χ4v) is 1.74. The molecule has 102 valence electrons. The lowest BCUT2D eigenvalue weighted by atomic mass is 10.1. The van der Waals surface area contributed by atoms with Crippen LogP contribution >= 0.6 is 0 Å². The van der Waals surface area contributed by atoms with Crippen molar-refractivity contribution in [3.05, 3.63) is 23.8 Å². The zero-order valence-corrected chi connectivity index (χ0v) is 12.5. The summed E-state index contributed by atoms with van der Waals surface area (Å²) >= 11 is 0. The number of hydrogen-bond donors (Lipinski definition) is 1. The molecule has 0 radical (unpaired) electrons. The zero-order chi connectivity index (χ0) is 13.6. The largest absolute Gasteiger partial charge is 0.331 e. The van der Waals surface area contributed by atoms with Gasteiger partial charge < -0.3 is 9.88 Å². The number of rotatable bonds is 6. The third-order valence-corrected chi connectivity index (χ3v) is 2.86. The second-order valence-corrected chi connectivity index (χ2v) is 5.77. The highest BCUT2D eigenvalue weighted by Gasteiger charge is 2.09. The minimum absolute atomic E-state index is 0.165. The van der Waals surface area contributed by atoms with Gasteiger partial charge in [-0.25, -0.2) is 4.98 Å². The van der Waals surface area contributed by atoms with Gasteiger partial charge in [-0.15, -0.1) is 0 Å². The molecule has 0 aromatic carbocycles. The summed E-state index contributed by atoms with van der Waals surface area (Å²) in [6, 6.07) is 0. The Morgan fingerprint density at radius 3 is 2.67 bits per heavy atom. The van der Waals surface area contributed by atoms with Gasteiger partial charge in [0.15, 0.2) is 0 Å². The first-order chi connectivity index (χ1) is 8.46. The first-order valence-electron chi connectivity index (χ1n) is 6.91. The van der Waals surface area contributed by atoms with Crippen LogP contribution in [-0.4, -0.2) is 21.6 Å². The standard InChI is InChI=1S/C15H27N3/c1-6-8-18-12-16-11-14(18)9-13(7-2)10-17-15(3,4)5/h9,11-12,17H,6-8,10H2,1-5H3. The third-order valence-electron chi connectivity index (χ3n) is 2.86. The molecule has 3 heteroatoms. The fraction of sp³-hybridized carbons (Fsp3) is 0.667. The molecule has 1 aromatic heterocycles. The molecule has 0 amide bonds. The Bertz CT molecular complexity index is 383. The maximum absolute atomic E-state index is 4.23. The second kappa shape index (κ2) is 6.74. The van der Waals surface area contributed by atoms with Gasteiger partial charge in [-0.3, -0.25) is 0 Å². The van der Waals surface area contributed by atoms with E-state index >= 15 is 0 Å². The summed E-state index contributed by atoms with van der Waals surface area (Å²) in [4.78, 5) is 4.23. The van der Waals surface area contributed by atoms with Gasteiger partial charge in [0.25, 0.3) is 0 Å². The summed E-state index contributed by atoms with van der Waals surface area (Å²) < 4.78 is 2.22. The summed E-state index contributed by atoms with van der Waals surface area (Å²) in [6.45, 7) is 13.0. The normalized spacial score (nSPS) is 13.1. The topological polar surface area (TPSA) is 29.9 Å². The lowest BCUT2D eigenvalue weighted by Gasteiger charge is -2.21. The molecule has 0 bridgehead atoms. The van der Waals surface area contributed by atoms with Crippen LogP contribution in [0, 0.1) is 0 Å². The summed E-state index contributed by atoms with van der Waals surface area (Å²) in [5.74, 6) is 0. The average molecular weight is 249 g/mol. The monoisotopic (exact) mass is 249 g/mol. The van der Waals surface area contributed by atoms with Crippen molar-refractivity contribution in [2.75, 3.05) is 6.54 Å². The van der Waals surface area contributed by atoms with Crippen molar-refractivity contribution in [1.82, 2.24) is 14.9 Å². The van der Waals surface area contributed by atoms with Gasteiger partial charge >= 0.3 is 0 Å². The number of imidazole rings is 1. The molecule has 0 saturated carbocycles. The summed E-state index contributed by atoms with van der Waals surface area (Å²) in [7, 11) is 0. The van der Waals surface area contributed by atoms with Crippen LogP contribution in [0.15, 0.2) is 18.1 Å². The van der Waals surface area contributed by atoms with E-state index in [0.29, 0.717) is 0 Å². The predicted octanol–water partition coefficient (Wildman–Crippen LogP) is 3.47. The van der Waals surface area contributed by atoms with Crippen LogP contribution in [-0.2, 0) is 6.54 Å². The highest BCUT2D eigenvalue weighted by Crippen LogP contribution is 2.11. The van der Waals surface area contributed by atoms with Crippen LogP contribution in [0.1, 0.15) is 53.2 Å². The molecule has 0 aliphatic rings. The Labute approximate surface area is 111 Å². The van der Waals surface area contributed by atoms with Gasteiger partial charge in [-0.1, -0.05) is 19.4 Å². The highest BCUT2D eigenvalue weighted by atomic mass is 15.0. The fourth-order valence-electron chi connectivity index (χ4n) is 1.74. The molecule has 0 spiro atoms. The van der Waals surface area contributed by atoms with E-state index < -0.39 is 0 Å². The minimum Gasteiger partial charge on any atom is -0.331 e. The molecule has 0 fully saturated rings. The molecular weight excluding hydrogens is 222 g/mol. The van der Waals surface area contributed by atoms with Crippen LogP contribution in [0.5, 0.6) is 0 Å². The number of aryl methyl sites for hydroxylation is 1. The smallest absolute Gasteiger partial charge is 0.0950 e. The first-order valence-corrected chi connectivity index (χ1v) is 6.91. The van der Waals surface area contributed by atoms with Gasteiger partial charge in [0.2, 0.25) is 0 Å². The minimum atomic E-state index is 0.165. The number of aromatic nitrogens is 2. The molecule has 1 aromatic rings. The van der Waals surface area contributed by atoms with Crippen LogP contribution in [0.25, 0.3) is 6.08 Å². The lowest BCUT2D eigenvalue weighted by molar-refractivity contribution is 0.443. The molecule has 0 saturated heterocycles. The molecule has 0 aliphatic carbocycles. The Morgan fingerprint density at radius 2 is 2.11 bits per heavy atom. The van der Waals surface area contributed by atoms with E-state index in [1.54, 1.807) is 0 Å². The highest BCUT2D eigenvalue weighted by molar-refractivity contribution is 5.49. The van der Waals surface area contributed by atoms with Crippen molar-refractivity contribution in [3.8, 4) is 0 Å². The van der Waals surface area contributed by atoms with Crippen LogP contribution in [0.3, 0.4) is 0 Å². The maximum Gasteiger partial charge on any atom is 0.0950 e. The van der Waals surface area contributed by atoms with Gasteiger partial charge in [0.05, 0.1) is 18.2 Å². The second-order valence-electron chi connectivity index (χ2n) is 5.77. The molecule has 18 heavy (non-hydrogen) atoms. The van der Waals surface area contributed by atoms with Gasteiger partial charge in [0.1, 0.15) is 0 Å². The van der Waals surface area contributed by atoms with Gasteiger partial charge in [0, 0.05) is 18.6 Å². The van der Waals surface area contributed by atoms with Crippen molar-refractivity contribution in [1.29, 1.82) is 0 Å². The quantitative estimate of drug-likeness (QED) is 0.836. The van der Waals surface area contributed by atoms with Crippen molar-refractivity contribution in [3.63, 3.8) is 0 Å². The Balaban J connectivity index is 2.74. The molecule has 0 atom stereocenters. The third kappa shape index (κ3) is 5.05. The van der Waals surface area contributed by atoms with E-state index in [4.69, 9.17) is 0 Å². The molecule has 3 nitrogen and oxygen atoms in total. The molecule has 0 unspecified atom stereocenters. The summed E-state index contributed by atoms with van der Waals surface area (Å²) in [6.07, 6.45) is 8.34. The number of hydrogen-bond acceptors (Lipinski definition) is 2. The maximum atomic E-state index is 4.23. The van der Waals surface area contributed by atoms with Crippen molar-refractivity contribution >= 4 is 6.08 Å². The zero-order valence-electron chi connectivity index (χ0n) is 12.5. The number of nitrogens with zero attached hydrogens (tertiary/aromatic N) is 2. The Kier molecular flexibility index (Phi) is 5.60. The van der Waals surface area contributed by atoms with E-state index in [2.05, 4.69) is 55.6 Å². The lowest BCUT2D eigenvalue weighted by Crippen LogP contribution is -2.37. The van der Waals surface area contributed by atoms with Gasteiger partial charge in [-0.2, -0.15) is 0 Å². The van der Waals surface area contributed by atoms with Crippen molar-refractivity contribution in [2.45, 2.75) is 59.5 Å². The van der Waals surface area contributed by atoms with E-state index in [1.165, 1.54) is 11.3 Å². The molecule has 1 heterocycles. The summed E-state index contributed by atoms with van der Waals surface area (Å²) in [5.41, 5.74) is 2.80. The Hall–Kier alpha value is -1.09. The van der Waals surface area contributed by atoms with Gasteiger partial charge in [-0.05, 0) is 39.7 Å². The SMILES string of the molecule is CCCn1cncc1C=C(CC)CNC(C)(C)C. The van der Waals surface area contributed by atoms with E-state index in [-0.39, 0.29) is 5.54 Å². The van der Waals surface area contributed by atoms with Crippen molar-refractivity contribution < 1.29 is 0 Å². The van der Waals surface area contributed by atoms with Crippen molar-refractivity contribution in [2.24, 2.45) is 0 Å². The van der Waals surface area contributed by atoms with E-state index in [9.17, 15) is 0 Å². The molecule has 1 rings (SSSR count). The predicted molar refractivity (Wildman–Crippen MR) is 78.5 cm³/mol. The first kappa shape index (κ1) is 15.0. The van der Waals surface area contributed by atoms with Crippen LogP contribution < -0.4 is 5.32 Å². The molecular formula is C15H27N3. The number of nitrogens with one attached hydrogen (secondary N) is 1. The van der Waals surface area contributed by atoms with E-state index in [0.717, 1.165) is 25.9 Å².